The van der Waals surface area contributed by atoms with Crippen LogP contribution in [0, 0.1) is 6.92 Å². The van der Waals surface area contributed by atoms with Crippen molar-refractivity contribution in [3.63, 3.8) is 0 Å². The van der Waals surface area contributed by atoms with Gasteiger partial charge in [-0.3, -0.25) is 4.98 Å². The molecule has 0 bridgehead atoms. The molecule has 0 aliphatic heterocycles. The van der Waals surface area contributed by atoms with Crippen molar-refractivity contribution in [2.24, 2.45) is 0 Å². The minimum absolute atomic E-state index is 0.277. The van der Waals surface area contributed by atoms with Crippen LogP contribution in [-0.2, 0) is 9.47 Å². The maximum Gasteiger partial charge on any atom is 0.341 e. The minimum atomic E-state index is -0.438. The highest BCUT2D eigenvalue weighted by Gasteiger charge is 2.18. The third-order valence-electron chi connectivity index (χ3n) is 4.72. The molecule has 156 valence electrons. The van der Waals surface area contributed by atoms with Crippen LogP contribution in [-0.4, -0.2) is 30.1 Å². The lowest BCUT2D eigenvalue weighted by Crippen LogP contribution is -2.10. The summed E-state index contributed by atoms with van der Waals surface area (Å²) in [6, 6.07) is 12.8. The number of unbranched alkanes of at least 4 members (excludes halogenated alkanes) is 1. The van der Waals surface area contributed by atoms with E-state index >= 15 is 0 Å². The Hall–Kier alpha value is -3.41. The Balaban J connectivity index is 1.92. The lowest BCUT2D eigenvalue weighted by Gasteiger charge is -2.15. The Morgan fingerprint density at radius 2 is 1.77 bits per heavy atom. The summed E-state index contributed by atoms with van der Waals surface area (Å²) >= 11 is 0. The van der Waals surface area contributed by atoms with E-state index in [0.29, 0.717) is 23.4 Å². The van der Waals surface area contributed by atoms with E-state index in [1.807, 2.05) is 32.0 Å². The van der Waals surface area contributed by atoms with Crippen molar-refractivity contribution in [3.8, 4) is 0 Å². The number of pyridine rings is 1. The zero-order chi connectivity index (χ0) is 21.5. The first-order valence-electron chi connectivity index (χ1n) is 10.1. The van der Waals surface area contributed by atoms with E-state index in [1.54, 1.807) is 31.2 Å². The summed E-state index contributed by atoms with van der Waals surface area (Å²) < 4.78 is 10.4. The van der Waals surface area contributed by atoms with Gasteiger partial charge in [0.25, 0.3) is 0 Å². The van der Waals surface area contributed by atoms with Gasteiger partial charge < -0.3 is 14.8 Å². The summed E-state index contributed by atoms with van der Waals surface area (Å²) in [7, 11) is 0. The molecule has 0 aliphatic rings. The third-order valence-corrected chi connectivity index (χ3v) is 4.72. The lowest BCUT2D eigenvalue weighted by atomic mass is 10.1. The fourth-order valence-electron chi connectivity index (χ4n) is 3.10. The first kappa shape index (κ1) is 21.3. The Labute approximate surface area is 176 Å². The van der Waals surface area contributed by atoms with Crippen LogP contribution >= 0.6 is 0 Å². The van der Waals surface area contributed by atoms with Crippen molar-refractivity contribution in [1.29, 1.82) is 0 Å². The number of rotatable bonds is 8. The fraction of sp³-hybridized carbons (Fsp3) is 0.292. The van der Waals surface area contributed by atoms with Gasteiger partial charge in [-0.1, -0.05) is 31.5 Å². The van der Waals surface area contributed by atoms with Crippen molar-refractivity contribution in [1.82, 2.24) is 4.98 Å². The Morgan fingerprint density at radius 3 is 2.47 bits per heavy atom. The quantitative estimate of drug-likeness (QED) is 0.397. The molecule has 2 aromatic carbocycles. The number of esters is 2. The van der Waals surface area contributed by atoms with Crippen molar-refractivity contribution in [2.45, 2.75) is 33.6 Å². The average Bonchev–Trinajstić information content (AvgIpc) is 2.75. The predicted molar refractivity (Wildman–Crippen MR) is 117 cm³/mol. The van der Waals surface area contributed by atoms with Crippen LogP contribution in [0.15, 0.2) is 48.7 Å². The molecule has 1 heterocycles. The van der Waals surface area contributed by atoms with Crippen LogP contribution in [0.1, 0.15) is 53.0 Å². The molecule has 0 spiro atoms. The predicted octanol–water partition coefficient (Wildman–Crippen LogP) is 5.42. The van der Waals surface area contributed by atoms with Gasteiger partial charge in [-0.2, -0.15) is 0 Å². The van der Waals surface area contributed by atoms with E-state index in [0.717, 1.165) is 35.0 Å². The number of nitrogens with one attached hydrogen (secondary N) is 1. The van der Waals surface area contributed by atoms with E-state index in [1.165, 1.54) is 6.20 Å². The highest BCUT2D eigenvalue weighted by molar-refractivity contribution is 6.06. The molecule has 0 fully saturated rings. The van der Waals surface area contributed by atoms with Gasteiger partial charge in [0.05, 0.1) is 30.0 Å². The second-order valence-electron chi connectivity index (χ2n) is 6.93. The van der Waals surface area contributed by atoms with Gasteiger partial charge in [0, 0.05) is 17.3 Å². The molecule has 0 saturated heterocycles. The molecule has 0 amide bonds. The minimum Gasteiger partial charge on any atom is -0.462 e. The van der Waals surface area contributed by atoms with Gasteiger partial charge in [0.2, 0.25) is 0 Å². The van der Waals surface area contributed by atoms with E-state index in [9.17, 15) is 9.59 Å². The van der Waals surface area contributed by atoms with Gasteiger partial charge in [0.15, 0.2) is 0 Å². The molecule has 0 radical (unpaired) electrons. The molecule has 0 aliphatic carbocycles. The van der Waals surface area contributed by atoms with Crippen molar-refractivity contribution >= 4 is 34.2 Å². The number of aromatic nitrogens is 1. The van der Waals surface area contributed by atoms with Gasteiger partial charge in [-0.15, -0.1) is 0 Å². The monoisotopic (exact) mass is 406 g/mol. The normalized spacial score (nSPS) is 10.6. The number of carbonyl (C=O) groups excluding carboxylic acids is 2. The maximum atomic E-state index is 12.5. The molecule has 1 aromatic heterocycles. The number of fused-ring (bicyclic) bond motifs is 1. The van der Waals surface area contributed by atoms with E-state index in [4.69, 9.17) is 9.47 Å². The topological polar surface area (TPSA) is 77.5 Å². The molecular formula is C24H26N2O4. The largest absolute Gasteiger partial charge is 0.462 e. The summed E-state index contributed by atoms with van der Waals surface area (Å²) in [5.74, 6) is -0.778. The number of para-hydroxylation sites is 1. The summed E-state index contributed by atoms with van der Waals surface area (Å²) in [4.78, 5) is 29.1. The van der Waals surface area contributed by atoms with Crippen LogP contribution in [0.25, 0.3) is 10.9 Å². The smallest absolute Gasteiger partial charge is 0.341 e. The highest BCUT2D eigenvalue weighted by atomic mass is 16.5. The molecule has 1 N–H and O–H groups in total. The Kier molecular flexibility index (Phi) is 7.01. The lowest BCUT2D eigenvalue weighted by molar-refractivity contribution is 0.0497. The molecule has 6 heteroatoms. The first-order chi connectivity index (χ1) is 14.5. The molecular weight excluding hydrogens is 380 g/mol. The number of hydrogen-bond acceptors (Lipinski definition) is 6. The first-order valence-corrected chi connectivity index (χ1v) is 10.1. The summed E-state index contributed by atoms with van der Waals surface area (Å²) in [5.41, 5.74) is 4.02. The van der Waals surface area contributed by atoms with Crippen molar-refractivity contribution in [2.75, 3.05) is 18.5 Å². The molecule has 0 atom stereocenters. The third kappa shape index (κ3) is 4.76. The van der Waals surface area contributed by atoms with Crippen molar-refractivity contribution < 1.29 is 19.1 Å². The van der Waals surface area contributed by atoms with E-state index in [-0.39, 0.29) is 12.6 Å². The van der Waals surface area contributed by atoms with E-state index in [2.05, 4.69) is 10.3 Å². The van der Waals surface area contributed by atoms with Crippen LogP contribution in [0.3, 0.4) is 0 Å². The molecule has 0 saturated carbocycles. The molecule has 3 rings (SSSR count). The van der Waals surface area contributed by atoms with Crippen LogP contribution in [0.4, 0.5) is 11.4 Å². The SMILES string of the molecule is CCCCOC(=O)c1ccc(Nc2c(C(=O)OCC)cnc3c(C)cccc23)cc1. The number of nitrogens with zero attached hydrogens (tertiary/aromatic N) is 1. The number of carbonyl (C=O) groups is 2. The van der Waals surface area contributed by atoms with Crippen LogP contribution in [0.2, 0.25) is 0 Å². The molecule has 6 nitrogen and oxygen atoms in total. The number of benzene rings is 2. The summed E-state index contributed by atoms with van der Waals surface area (Å²) in [5, 5.41) is 4.13. The summed E-state index contributed by atoms with van der Waals surface area (Å²) in [6.45, 7) is 6.48. The zero-order valence-corrected chi connectivity index (χ0v) is 17.5. The fourth-order valence-corrected chi connectivity index (χ4v) is 3.10. The molecule has 30 heavy (non-hydrogen) atoms. The second-order valence-corrected chi connectivity index (χ2v) is 6.93. The van der Waals surface area contributed by atoms with Gasteiger partial charge in [-0.05, 0) is 50.1 Å². The van der Waals surface area contributed by atoms with E-state index < -0.39 is 5.97 Å². The Morgan fingerprint density at radius 1 is 1.00 bits per heavy atom. The number of anilines is 2. The van der Waals surface area contributed by atoms with Gasteiger partial charge in [-0.25, -0.2) is 9.59 Å². The van der Waals surface area contributed by atoms with Gasteiger partial charge in [0.1, 0.15) is 5.56 Å². The second kappa shape index (κ2) is 9.87. The summed E-state index contributed by atoms with van der Waals surface area (Å²) in [6.07, 6.45) is 3.35. The van der Waals surface area contributed by atoms with Crippen LogP contribution < -0.4 is 5.32 Å². The number of aryl methyl sites for hydroxylation is 1. The number of ether oxygens (including phenoxy) is 2. The van der Waals surface area contributed by atoms with Gasteiger partial charge >= 0.3 is 11.9 Å². The van der Waals surface area contributed by atoms with Crippen LogP contribution in [0.5, 0.6) is 0 Å². The average molecular weight is 406 g/mol. The molecule has 3 aromatic rings. The maximum absolute atomic E-state index is 12.5. The zero-order valence-electron chi connectivity index (χ0n) is 17.5. The standard InChI is InChI=1S/C24H26N2O4/c1-4-6-14-30-23(27)17-10-12-18(13-11-17)26-22-19-9-7-8-16(3)21(19)25-15-20(22)24(28)29-5-2/h7-13,15H,4-6,14H2,1-3H3,(H,25,26). The van der Waals surface area contributed by atoms with Crippen molar-refractivity contribution in [3.05, 3.63) is 65.4 Å². The molecule has 0 unspecified atom stereocenters. The highest BCUT2D eigenvalue weighted by Crippen LogP contribution is 2.31. The Bertz CT molecular complexity index is 1050. The number of hydrogen-bond donors (Lipinski definition) is 1.